The van der Waals surface area contributed by atoms with Crippen molar-refractivity contribution in [2.24, 2.45) is 4.99 Å². The third kappa shape index (κ3) is 3.41. The quantitative estimate of drug-likeness (QED) is 0.384. The first-order chi connectivity index (χ1) is 10.1. The molecule has 0 fully saturated rings. The van der Waals surface area contributed by atoms with E-state index in [0.29, 0.717) is 11.6 Å². The van der Waals surface area contributed by atoms with Gasteiger partial charge in [-0.2, -0.15) is 0 Å². The van der Waals surface area contributed by atoms with Crippen LogP contribution in [0.4, 0.5) is 0 Å². The molecule has 0 atom stereocenters. The highest BCUT2D eigenvalue weighted by Crippen LogP contribution is 2.20. The summed E-state index contributed by atoms with van der Waals surface area (Å²) in [4.78, 5) is 16.2. The summed E-state index contributed by atoms with van der Waals surface area (Å²) in [7, 11) is 0. The molecule has 0 aliphatic carbocycles. The molecule has 0 amide bonds. The molecular weight excluding hydrogens is 445 g/mol. The van der Waals surface area contributed by atoms with Crippen LogP contribution in [0, 0.1) is 3.57 Å². The van der Waals surface area contributed by atoms with Crippen molar-refractivity contribution in [3.63, 3.8) is 0 Å². The van der Waals surface area contributed by atoms with E-state index in [1.54, 1.807) is 6.08 Å². The summed E-state index contributed by atoms with van der Waals surface area (Å²) < 4.78 is 7.33. The van der Waals surface area contributed by atoms with E-state index in [2.05, 4.69) is 43.5 Å². The van der Waals surface area contributed by atoms with Crippen LogP contribution >= 0.6 is 38.5 Å². The number of nitrogens with zero attached hydrogens (tertiary/aromatic N) is 1. The Kier molecular flexibility index (Phi) is 4.21. The first-order valence-corrected chi connectivity index (χ1v) is 8.03. The second kappa shape index (κ2) is 6.11. The molecule has 0 unspecified atom stereocenters. The number of benzene rings is 2. The number of hydrogen-bond donors (Lipinski definition) is 0. The fourth-order valence-electron chi connectivity index (χ4n) is 1.84. The van der Waals surface area contributed by atoms with Crippen molar-refractivity contribution in [1.82, 2.24) is 0 Å². The minimum absolute atomic E-state index is 0.311. The fourth-order valence-corrected chi connectivity index (χ4v) is 2.47. The molecule has 21 heavy (non-hydrogen) atoms. The van der Waals surface area contributed by atoms with Crippen LogP contribution in [0.15, 0.2) is 63.7 Å². The van der Waals surface area contributed by atoms with Crippen LogP contribution in [0.25, 0.3) is 6.08 Å². The van der Waals surface area contributed by atoms with Gasteiger partial charge in [-0.25, -0.2) is 9.79 Å². The Morgan fingerprint density at radius 2 is 1.71 bits per heavy atom. The average Bonchev–Trinajstić information content (AvgIpc) is 2.83. The van der Waals surface area contributed by atoms with Crippen LogP contribution in [0.1, 0.15) is 11.1 Å². The molecule has 104 valence electrons. The van der Waals surface area contributed by atoms with E-state index in [1.807, 2.05) is 48.5 Å². The SMILES string of the molecule is O=C1OC(c2ccc(I)cc2)=N/C1=C\c1ccc(Br)cc1. The lowest BCUT2D eigenvalue weighted by Crippen LogP contribution is -2.05. The fraction of sp³-hybridized carbons (Fsp3) is 0. The highest BCUT2D eigenvalue weighted by atomic mass is 127. The third-order valence-electron chi connectivity index (χ3n) is 2.89. The van der Waals surface area contributed by atoms with Crippen molar-refractivity contribution >= 4 is 56.5 Å². The summed E-state index contributed by atoms with van der Waals surface area (Å²) in [6.07, 6.45) is 1.72. The molecule has 0 aromatic heterocycles. The van der Waals surface area contributed by atoms with Crippen molar-refractivity contribution in [2.45, 2.75) is 0 Å². The minimum atomic E-state index is -0.425. The van der Waals surface area contributed by atoms with Gasteiger partial charge >= 0.3 is 5.97 Å². The van der Waals surface area contributed by atoms with E-state index in [1.165, 1.54) is 0 Å². The van der Waals surface area contributed by atoms with Gasteiger partial charge in [-0.05, 0) is 70.6 Å². The molecule has 0 radical (unpaired) electrons. The Hall–Kier alpha value is -1.47. The van der Waals surface area contributed by atoms with Gasteiger partial charge in [0, 0.05) is 13.6 Å². The summed E-state index contributed by atoms with van der Waals surface area (Å²) >= 11 is 5.60. The smallest absolute Gasteiger partial charge is 0.363 e. The van der Waals surface area contributed by atoms with Crippen LogP contribution in [-0.4, -0.2) is 11.9 Å². The van der Waals surface area contributed by atoms with Gasteiger partial charge in [0.2, 0.25) is 5.90 Å². The van der Waals surface area contributed by atoms with Gasteiger partial charge in [0.25, 0.3) is 0 Å². The number of aliphatic imine (C=N–C) groups is 1. The second-order valence-corrected chi connectivity index (χ2v) is 6.56. The number of esters is 1. The van der Waals surface area contributed by atoms with Crippen LogP contribution in [0.5, 0.6) is 0 Å². The van der Waals surface area contributed by atoms with E-state index in [0.717, 1.165) is 19.2 Å². The number of hydrogen-bond acceptors (Lipinski definition) is 3. The van der Waals surface area contributed by atoms with Crippen molar-refractivity contribution in [2.75, 3.05) is 0 Å². The monoisotopic (exact) mass is 453 g/mol. The molecule has 1 aliphatic rings. The van der Waals surface area contributed by atoms with Crippen molar-refractivity contribution in [3.05, 3.63) is 73.4 Å². The predicted molar refractivity (Wildman–Crippen MR) is 93.9 cm³/mol. The average molecular weight is 454 g/mol. The van der Waals surface area contributed by atoms with E-state index in [4.69, 9.17) is 4.74 Å². The molecule has 2 aromatic carbocycles. The summed E-state index contributed by atoms with van der Waals surface area (Å²) in [6.45, 7) is 0. The maximum absolute atomic E-state index is 11.9. The first-order valence-electron chi connectivity index (χ1n) is 6.16. The van der Waals surface area contributed by atoms with Crippen LogP contribution in [0.2, 0.25) is 0 Å². The molecule has 0 spiro atoms. The van der Waals surface area contributed by atoms with Crippen LogP contribution < -0.4 is 0 Å². The van der Waals surface area contributed by atoms with Crippen LogP contribution in [0.3, 0.4) is 0 Å². The summed E-state index contributed by atoms with van der Waals surface area (Å²) in [5.41, 5.74) is 2.01. The molecule has 1 aliphatic heterocycles. The zero-order chi connectivity index (χ0) is 14.8. The highest BCUT2D eigenvalue weighted by molar-refractivity contribution is 14.1. The zero-order valence-corrected chi connectivity index (χ0v) is 14.5. The van der Waals surface area contributed by atoms with Gasteiger partial charge in [-0.3, -0.25) is 0 Å². The number of cyclic esters (lactones) is 1. The Bertz CT molecular complexity index is 749. The number of rotatable bonds is 2. The topological polar surface area (TPSA) is 38.7 Å². The van der Waals surface area contributed by atoms with Gasteiger partial charge in [0.1, 0.15) is 0 Å². The number of carbonyl (C=O) groups excluding carboxylic acids is 1. The zero-order valence-electron chi connectivity index (χ0n) is 10.7. The van der Waals surface area contributed by atoms with E-state index in [-0.39, 0.29) is 0 Å². The van der Waals surface area contributed by atoms with E-state index < -0.39 is 5.97 Å². The lowest BCUT2D eigenvalue weighted by Gasteiger charge is -1.98. The molecule has 1 heterocycles. The van der Waals surface area contributed by atoms with Crippen molar-refractivity contribution < 1.29 is 9.53 Å². The summed E-state index contributed by atoms with van der Waals surface area (Å²) in [6, 6.07) is 15.3. The highest BCUT2D eigenvalue weighted by Gasteiger charge is 2.23. The predicted octanol–water partition coefficient (Wildman–Crippen LogP) is 4.40. The van der Waals surface area contributed by atoms with E-state index in [9.17, 15) is 4.79 Å². The Morgan fingerprint density at radius 1 is 1.05 bits per heavy atom. The first kappa shape index (κ1) is 14.5. The maximum atomic E-state index is 11.9. The molecule has 3 nitrogen and oxygen atoms in total. The van der Waals surface area contributed by atoms with Gasteiger partial charge < -0.3 is 4.74 Å². The molecule has 0 saturated heterocycles. The Labute approximate surface area is 144 Å². The molecule has 0 bridgehead atoms. The van der Waals surface area contributed by atoms with Crippen LogP contribution in [-0.2, 0) is 9.53 Å². The number of carbonyl (C=O) groups is 1. The largest absolute Gasteiger partial charge is 0.402 e. The molecule has 2 aromatic rings. The summed E-state index contributed by atoms with van der Waals surface area (Å²) in [5.74, 6) is -0.0776. The lowest BCUT2D eigenvalue weighted by molar-refractivity contribution is -0.129. The summed E-state index contributed by atoms with van der Waals surface area (Å²) in [5, 5.41) is 0. The van der Waals surface area contributed by atoms with E-state index >= 15 is 0 Å². The molecule has 3 rings (SSSR count). The molecule has 5 heteroatoms. The Morgan fingerprint density at radius 3 is 2.38 bits per heavy atom. The van der Waals surface area contributed by atoms with Crippen molar-refractivity contribution in [3.8, 4) is 0 Å². The van der Waals surface area contributed by atoms with Gasteiger partial charge in [-0.1, -0.05) is 28.1 Å². The minimum Gasteiger partial charge on any atom is -0.402 e. The number of halogens is 2. The standard InChI is InChI=1S/C16H9BrINO2/c17-12-5-1-10(2-6-12)9-14-16(20)21-15(19-14)11-3-7-13(18)8-4-11/h1-9H/b14-9-. The second-order valence-electron chi connectivity index (χ2n) is 4.39. The maximum Gasteiger partial charge on any atom is 0.363 e. The van der Waals surface area contributed by atoms with Crippen molar-refractivity contribution in [1.29, 1.82) is 0 Å². The van der Waals surface area contributed by atoms with Gasteiger partial charge in [0.05, 0.1) is 0 Å². The molecular formula is C16H9BrINO2. The number of ether oxygens (including phenoxy) is 1. The normalized spacial score (nSPS) is 16.0. The van der Waals surface area contributed by atoms with Gasteiger partial charge in [-0.15, -0.1) is 0 Å². The Balaban J connectivity index is 1.91. The molecule has 0 N–H and O–H groups in total. The van der Waals surface area contributed by atoms with Gasteiger partial charge in [0.15, 0.2) is 5.70 Å². The molecule has 0 saturated carbocycles. The lowest BCUT2D eigenvalue weighted by atomic mass is 10.2. The third-order valence-corrected chi connectivity index (χ3v) is 4.13.